The van der Waals surface area contributed by atoms with Crippen molar-refractivity contribution in [2.24, 2.45) is 0 Å². The van der Waals surface area contributed by atoms with Crippen LogP contribution in [-0.2, 0) is 6.42 Å². The van der Waals surface area contributed by atoms with Crippen molar-refractivity contribution in [1.29, 1.82) is 0 Å². The van der Waals surface area contributed by atoms with Crippen LogP contribution in [0.4, 0.5) is 5.69 Å². The van der Waals surface area contributed by atoms with Crippen molar-refractivity contribution in [2.75, 3.05) is 25.0 Å². The molecule has 0 bridgehead atoms. The van der Waals surface area contributed by atoms with Crippen molar-refractivity contribution in [1.82, 2.24) is 9.88 Å². The van der Waals surface area contributed by atoms with E-state index in [1.807, 2.05) is 29.2 Å². The molecule has 2 aromatic rings. The van der Waals surface area contributed by atoms with Gasteiger partial charge in [0.1, 0.15) is 0 Å². The van der Waals surface area contributed by atoms with Gasteiger partial charge in [0.25, 0.3) is 5.91 Å². The quantitative estimate of drug-likeness (QED) is 0.708. The van der Waals surface area contributed by atoms with E-state index in [-0.39, 0.29) is 5.91 Å². The monoisotopic (exact) mass is 359 g/mol. The van der Waals surface area contributed by atoms with Gasteiger partial charge in [-0.3, -0.25) is 9.78 Å². The van der Waals surface area contributed by atoms with Crippen LogP contribution in [0.25, 0.3) is 0 Å². The van der Waals surface area contributed by atoms with Gasteiger partial charge in [0.15, 0.2) is 0 Å². The first-order chi connectivity index (χ1) is 12.1. The van der Waals surface area contributed by atoms with Gasteiger partial charge in [-0.2, -0.15) is 0 Å². The fourth-order valence-electron chi connectivity index (χ4n) is 2.73. The summed E-state index contributed by atoms with van der Waals surface area (Å²) < 4.78 is 0. The second kappa shape index (κ2) is 10.0. The third-order valence-corrected chi connectivity index (χ3v) is 4.13. The minimum Gasteiger partial charge on any atom is -0.383 e. The average molecular weight is 360 g/mol. The largest absolute Gasteiger partial charge is 0.383 e. The molecular formula is C20H26ClN3O. The number of carbonyl (C=O) groups is 1. The molecule has 2 rings (SSSR count). The number of carbonyl (C=O) groups excluding carboxylic acids is 1. The van der Waals surface area contributed by atoms with Gasteiger partial charge in [-0.05, 0) is 43.0 Å². The predicted octanol–water partition coefficient (Wildman–Crippen LogP) is 4.65. The summed E-state index contributed by atoms with van der Waals surface area (Å²) in [5, 5.41) is 4.08. The second-order valence-corrected chi connectivity index (χ2v) is 6.50. The topological polar surface area (TPSA) is 45.2 Å². The van der Waals surface area contributed by atoms with Crippen LogP contribution in [0.5, 0.6) is 0 Å². The number of rotatable bonds is 9. The molecule has 0 saturated heterocycles. The van der Waals surface area contributed by atoms with Gasteiger partial charge in [0.2, 0.25) is 0 Å². The van der Waals surface area contributed by atoms with E-state index in [9.17, 15) is 4.79 Å². The second-order valence-electron chi connectivity index (χ2n) is 6.06. The standard InChI is InChI=1S/C20H26ClN3O/c1-3-10-24(11-4-2)20(25)17-13-19(15-22-14-17)23-9-8-16-6-5-7-18(21)12-16/h5-7,12-15,23H,3-4,8-11H2,1-2H3. The number of nitrogens with zero attached hydrogens (tertiary/aromatic N) is 2. The Bertz CT molecular complexity index is 684. The number of pyridine rings is 1. The molecule has 0 fully saturated rings. The van der Waals surface area contributed by atoms with Gasteiger partial charge < -0.3 is 10.2 Å². The number of aromatic nitrogens is 1. The van der Waals surface area contributed by atoms with Crippen molar-refractivity contribution in [3.05, 3.63) is 58.9 Å². The van der Waals surface area contributed by atoms with E-state index < -0.39 is 0 Å². The molecule has 0 atom stereocenters. The maximum absolute atomic E-state index is 12.7. The van der Waals surface area contributed by atoms with Gasteiger partial charge in [-0.1, -0.05) is 37.6 Å². The molecule has 0 spiro atoms. The molecule has 1 aromatic carbocycles. The van der Waals surface area contributed by atoms with Crippen molar-refractivity contribution in [2.45, 2.75) is 33.1 Å². The van der Waals surface area contributed by atoms with Gasteiger partial charge >= 0.3 is 0 Å². The van der Waals surface area contributed by atoms with E-state index in [1.165, 1.54) is 5.56 Å². The molecule has 0 unspecified atom stereocenters. The van der Waals surface area contributed by atoms with Crippen LogP contribution >= 0.6 is 11.6 Å². The molecule has 1 aromatic heterocycles. The molecular weight excluding hydrogens is 334 g/mol. The highest BCUT2D eigenvalue weighted by Crippen LogP contribution is 2.14. The summed E-state index contributed by atoms with van der Waals surface area (Å²) in [6, 6.07) is 9.73. The number of nitrogens with one attached hydrogen (secondary N) is 1. The van der Waals surface area contributed by atoms with E-state index in [2.05, 4.69) is 30.2 Å². The van der Waals surface area contributed by atoms with Crippen molar-refractivity contribution >= 4 is 23.2 Å². The Kier molecular flexibility index (Phi) is 7.74. The molecule has 1 heterocycles. The Morgan fingerprint density at radius 1 is 1.16 bits per heavy atom. The van der Waals surface area contributed by atoms with Gasteiger partial charge in [0.05, 0.1) is 11.3 Å². The van der Waals surface area contributed by atoms with Gasteiger partial charge in [-0.15, -0.1) is 0 Å². The number of anilines is 1. The molecule has 0 radical (unpaired) electrons. The molecule has 1 N–H and O–H groups in total. The van der Waals surface area contributed by atoms with Crippen LogP contribution in [-0.4, -0.2) is 35.4 Å². The zero-order valence-electron chi connectivity index (χ0n) is 15.0. The molecule has 5 heteroatoms. The van der Waals surface area contributed by atoms with Crippen LogP contribution in [0, 0.1) is 0 Å². The first kappa shape index (κ1) is 19.3. The average Bonchev–Trinajstić information content (AvgIpc) is 2.61. The third kappa shape index (κ3) is 6.05. The summed E-state index contributed by atoms with van der Waals surface area (Å²) in [5.74, 6) is 0.0506. The normalized spacial score (nSPS) is 10.5. The predicted molar refractivity (Wildman–Crippen MR) is 104 cm³/mol. The maximum Gasteiger partial charge on any atom is 0.255 e. The van der Waals surface area contributed by atoms with Crippen LogP contribution in [0.1, 0.15) is 42.6 Å². The summed E-state index contributed by atoms with van der Waals surface area (Å²) in [4.78, 5) is 18.8. The van der Waals surface area contributed by atoms with E-state index in [4.69, 9.17) is 11.6 Å². The number of hydrogen-bond acceptors (Lipinski definition) is 3. The smallest absolute Gasteiger partial charge is 0.255 e. The highest BCUT2D eigenvalue weighted by molar-refractivity contribution is 6.30. The van der Waals surface area contributed by atoms with E-state index >= 15 is 0 Å². The summed E-state index contributed by atoms with van der Waals surface area (Å²) in [5.41, 5.74) is 2.67. The number of amides is 1. The van der Waals surface area contributed by atoms with E-state index in [0.717, 1.165) is 49.6 Å². The fourth-order valence-corrected chi connectivity index (χ4v) is 2.95. The lowest BCUT2D eigenvalue weighted by molar-refractivity contribution is 0.0755. The lowest BCUT2D eigenvalue weighted by Crippen LogP contribution is -2.32. The third-order valence-electron chi connectivity index (χ3n) is 3.89. The summed E-state index contributed by atoms with van der Waals surface area (Å²) in [7, 11) is 0. The van der Waals surface area contributed by atoms with Crippen LogP contribution < -0.4 is 5.32 Å². The molecule has 0 aliphatic carbocycles. The number of halogens is 1. The van der Waals surface area contributed by atoms with E-state index in [1.54, 1.807) is 12.4 Å². The minimum absolute atomic E-state index is 0.0506. The maximum atomic E-state index is 12.7. The van der Waals surface area contributed by atoms with Crippen LogP contribution in [0.2, 0.25) is 5.02 Å². The van der Waals surface area contributed by atoms with Crippen LogP contribution in [0.15, 0.2) is 42.7 Å². The Hall–Kier alpha value is -2.07. The number of benzene rings is 1. The lowest BCUT2D eigenvalue weighted by Gasteiger charge is -2.21. The molecule has 0 aliphatic heterocycles. The van der Waals surface area contributed by atoms with Crippen molar-refractivity contribution in [3.63, 3.8) is 0 Å². The van der Waals surface area contributed by atoms with Crippen molar-refractivity contribution in [3.8, 4) is 0 Å². The molecule has 134 valence electrons. The fraction of sp³-hybridized carbons (Fsp3) is 0.400. The molecule has 0 saturated carbocycles. The first-order valence-electron chi connectivity index (χ1n) is 8.86. The molecule has 25 heavy (non-hydrogen) atoms. The molecule has 1 amide bonds. The SMILES string of the molecule is CCCN(CCC)C(=O)c1cncc(NCCc2cccc(Cl)c2)c1. The molecule has 4 nitrogen and oxygen atoms in total. The Labute approximate surface area is 155 Å². The lowest BCUT2D eigenvalue weighted by atomic mass is 10.1. The first-order valence-corrected chi connectivity index (χ1v) is 9.24. The highest BCUT2D eigenvalue weighted by atomic mass is 35.5. The molecule has 0 aliphatic rings. The Morgan fingerprint density at radius 2 is 1.92 bits per heavy atom. The Morgan fingerprint density at radius 3 is 2.60 bits per heavy atom. The van der Waals surface area contributed by atoms with E-state index in [0.29, 0.717) is 5.56 Å². The zero-order chi connectivity index (χ0) is 18.1. The minimum atomic E-state index is 0.0506. The highest BCUT2D eigenvalue weighted by Gasteiger charge is 2.14. The summed E-state index contributed by atoms with van der Waals surface area (Å²) in [6.07, 6.45) is 6.16. The zero-order valence-corrected chi connectivity index (χ0v) is 15.7. The summed E-state index contributed by atoms with van der Waals surface area (Å²) >= 11 is 6.00. The van der Waals surface area contributed by atoms with Crippen LogP contribution in [0.3, 0.4) is 0 Å². The van der Waals surface area contributed by atoms with Gasteiger partial charge in [-0.25, -0.2) is 0 Å². The van der Waals surface area contributed by atoms with Crippen molar-refractivity contribution < 1.29 is 4.79 Å². The Balaban J connectivity index is 1.96. The number of hydrogen-bond donors (Lipinski definition) is 1. The van der Waals surface area contributed by atoms with Gasteiger partial charge in [0, 0.05) is 37.1 Å². The summed E-state index contributed by atoms with van der Waals surface area (Å²) in [6.45, 7) is 6.48.